The first-order chi connectivity index (χ1) is 11.7. The number of nitrogens with two attached hydrogens (primary N) is 1. The summed E-state index contributed by atoms with van der Waals surface area (Å²) in [5.41, 5.74) is 7.33. The van der Waals surface area contributed by atoms with E-state index in [9.17, 15) is 9.59 Å². The van der Waals surface area contributed by atoms with E-state index < -0.39 is 11.9 Å². The van der Waals surface area contributed by atoms with Crippen molar-refractivity contribution in [2.45, 2.75) is 32.6 Å². The van der Waals surface area contributed by atoms with Gasteiger partial charge in [0.1, 0.15) is 11.3 Å². The number of Topliss-reactive ketones (excluding diaryl/α,β-unsaturated/α-hetero) is 1. The maximum absolute atomic E-state index is 12.9. The molecule has 132 valence electrons. The largest absolute Gasteiger partial charge is 0.465 e. The molecule has 1 heterocycles. The van der Waals surface area contributed by atoms with Gasteiger partial charge in [-0.2, -0.15) is 0 Å². The molecule has 0 radical (unpaired) electrons. The van der Waals surface area contributed by atoms with Gasteiger partial charge in [-0.25, -0.2) is 4.79 Å². The summed E-state index contributed by atoms with van der Waals surface area (Å²) in [6, 6.07) is 7.49. The fourth-order valence-corrected chi connectivity index (χ4v) is 3.93. The Labute approximate surface area is 155 Å². The number of carbonyl (C=O) groups is 2. The van der Waals surface area contributed by atoms with Crippen LogP contribution in [0.3, 0.4) is 0 Å². The van der Waals surface area contributed by atoms with Crippen LogP contribution in [0, 0.1) is 5.41 Å². The van der Waals surface area contributed by atoms with Crippen LogP contribution >= 0.6 is 15.9 Å². The Bertz CT molecular complexity index is 822. The van der Waals surface area contributed by atoms with Gasteiger partial charge in [0, 0.05) is 22.9 Å². The zero-order valence-corrected chi connectivity index (χ0v) is 16.0. The fraction of sp³-hybridized carbons (Fsp3) is 0.368. The van der Waals surface area contributed by atoms with E-state index in [4.69, 9.17) is 15.2 Å². The van der Waals surface area contributed by atoms with E-state index in [-0.39, 0.29) is 22.7 Å². The normalized spacial score (nSPS) is 22.4. The highest BCUT2D eigenvalue weighted by molar-refractivity contribution is 9.10. The predicted molar refractivity (Wildman–Crippen MR) is 96.2 cm³/mol. The van der Waals surface area contributed by atoms with Crippen molar-refractivity contribution in [1.82, 2.24) is 0 Å². The Morgan fingerprint density at radius 3 is 2.72 bits per heavy atom. The van der Waals surface area contributed by atoms with E-state index in [0.717, 1.165) is 10.0 Å². The van der Waals surface area contributed by atoms with Crippen molar-refractivity contribution in [3.05, 3.63) is 57.1 Å². The van der Waals surface area contributed by atoms with E-state index in [1.54, 1.807) is 0 Å². The van der Waals surface area contributed by atoms with Crippen LogP contribution < -0.4 is 5.73 Å². The lowest BCUT2D eigenvalue weighted by Crippen LogP contribution is -2.35. The molecule has 0 spiro atoms. The zero-order valence-electron chi connectivity index (χ0n) is 14.4. The Balaban J connectivity index is 2.21. The van der Waals surface area contributed by atoms with Crippen molar-refractivity contribution in [3.8, 4) is 0 Å². The number of ketones is 1. The van der Waals surface area contributed by atoms with Crippen LogP contribution in [0.1, 0.15) is 38.2 Å². The van der Waals surface area contributed by atoms with Crippen molar-refractivity contribution in [2.24, 2.45) is 11.1 Å². The number of carbonyl (C=O) groups excluding carboxylic acids is 2. The number of methoxy groups -OCH3 is 1. The second-order valence-electron chi connectivity index (χ2n) is 7.14. The Morgan fingerprint density at radius 2 is 2.08 bits per heavy atom. The van der Waals surface area contributed by atoms with Crippen LogP contribution in [0.15, 0.2) is 51.5 Å². The lowest BCUT2D eigenvalue weighted by atomic mass is 9.70. The third kappa shape index (κ3) is 3.23. The van der Waals surface area contributed by atoms with E-state index in [0.29, 0.717) is 24.2 Å². The van der Waals surface area contributed by atoms with E-state index >= 15 is 0 Å². The maximum atomic E-state index is 12.9. The molecule has 1 atom stereocenters. The Morgan fingerprint density at radius 1 is 1.36 bits per heavy atom. The van der Waals surface area contributed by atoms with Crippen LogP contribution in [0.25, 0.3) is 0 Å². The molecule has 0 saturated heterocycles. The van der Waals surface area contributed by atoms with Gasteiger partial charge in [-0.3, -0.25) is 4.79 Å². The summed E-state index contributed by atoms with van der Waals surface area (Å²) in [5, 5.41) is 0. The molecular weight excluding hydrogens is 386 g/mol. The molecule has 3 rings (SSSR count). The number of halogens is 1. The molecule has 25 heavy (non-hydrogen) atoms. The number of hydrogen-bond acceptors (Lipinski definition) is 5. The van der Waals surface area contributed by atoms with E-state index in [1.807, 2.05) is 38.1 Å². The first-order valence-corrected chi connectivity index (χ1v) is 8.80. The molecule has 0 amide bonds. The summed E-state index contributed by atoms with van der Waals surface area (Å²) in [5.74, 6) is -0.647. The van der Waals surface area contributed by atoms with Crippen LogP contribution in [0.4, 0.5) is 0 Å². The van der Waals surface area contributed by atoms with Crippen molar-refractivity contribution >= 4 is 27.7 Å². The summed E-state index contributed by atoms with van der Waals surface area (Å²) < 4.78 is 11.5. The van der Waals surface area contributed by atoms with Gasteiger partial charge < -0.3 is 15.2 Å². The summed E-state index contributed by atoms with van der Waals surface area (Å²) in [6.07, 6.45) is 0.988. The standard InChI is InChI=1S/C19H20BrNO4/c1-19(2)8-12(22)15-13(9-19)25-17(21)16(18(23)24-3)14(15)10-5-4-6-11(20)7-10/h4-7,14H,8-9,21H2,1-3H3/t14-/m0/s1. The minimum atomic E-state index is -0.591. The molecule has 1 aliphatic heterocycles. The second kappa shape index (κ2) is 6.33. The van der Waals surface area contributed by atoms with Gasteiger partial charge in [-0.05, 0) is 23.1 Å². The van der Waals surface area contributed by atoms with Gasteiger partial charge in [0.05, 0.1) is 13.0 Å². The average molecular weight is 406 g/mol. The summed E-state index contributed by atoms with van der Waals surface area (Å²) >= 11 is 3.44. The molecule has 1 aromatic rings. The third-order valence-electron chi connectivity index (χ3n) is 4.54. The first-order valence-electron chi connectivity index (χ1n) is 8.01. The van der Waals surface area contributed by atoms with Gasteiger partial charge in [0.2, 0.25) is 5.88 Å². The van der Waals surface area contributed by atoms with Crippen molar-refractivity contribution in [3.63, 3.8) is 0 Å². The Kier molecular flexibility index (Phi) is 4.49. The maximum Gasteiger partial charge on any atom is 0.340 e. The van der Waals surface area contributed by atoms with Crippen molar-refractivity contribution in [1.29, 1.82) is 0 Å². The monoisotopic (exact) mass is 405 g/mol. The third-order valence-corrected chi connectivity index (χ3v) is 5.04. The lowest BCUT2D eigenvalue weighted by Gasteiger charge is -2.37. The highest BCUT2D eigenvalue weighted by Gasteiger charge is 2.44. The van der Waals surface area contributed by atoms with Crippen LogP contribution in [-0.4, -0.2) is 18.9 Å². The number of allylic oxidation sites excluding steroid dienone is 2. The summed E-state index contributed by atoms with van der Waals surface area (Å²) in [4.78, 5) is 25.3. The predicted octanol–water partition coefficient (Wildman–Crippen LogP) is 3.55. The molecule has 2 N–H and O–H groups in total. The second-order valence-corrected chi connectivity index (χ2v) is 8.05. The zero-order chi connectivity index (χ0) is 18.4. The molecule has 0 unspecified atom stereocenters. The van der Waals surface area contributed by atoms with Gasteiger partial charge in [0.15, 0.2) is 5.78 Å². The SMILES string of the molecule is COC(=O)C1=C(N)OC2=C(C(=O)CC(C)(C)C2)[C@@H]1c1cccc(Br)c1. The molecule has 0 saturated carbocycles. The van der Waals surface area contributed by atoms with E-state index in [2.05, 4.69) is 15.9 Å². The molecule has 6 heteroatoms. The number of hydrogen-bond donors (Lipinski definition) is 1. The van der Waals surface area contributed by atoms with Crippen LogP contribution in [0.5, 0.6) is 0 Å². The minimum absolute atomic E-state index is 0.000996. The van der Waals surface area contributed by atoms with Gasteiger partial charge in [-0.1, -0.05) is 41.9 Å². The number of ether oxygens (including phenoxy) is 2. The molecular formula is C19H20BrNO4. The minimum Gasteiger partial charge on any atom is -0.465 e. The smallest absolute Gasteiger partial charge is 0.340 e. The highest BCUT2D eigenvalue weighted by Crippen LogP contribution is 2.48. The number of benzene rings is 1. The molecule has 0 fully saturated rings. The molecule has 0 aromatic heterocycles. The van der Waals surface area contributed by atoms with Crippen molar-refractivity contribution in [2.75, 3.05) is 7.11 Å². The van der Waals surface area contributed by atoms with E-state index in [1.165, 1.54) is 7.11 Å². The quantitative estimate of drug-likeness (QED) is 0.760. The average Bonchev–Trinajstić information content (AvgIpc) is 2.51. The fourth-order valence-electron chi connectivity index (χ4n) is 3.51. The van der Waals surface area contributed by atoms with Crippen LogP contribution in [0.2, 0.25) is 0 Å². The van der Waals surface area contributed by atoms with Crippen LogP contribution in [-0.2, 0) is 19.1 Å². The molecule has 1 aliphatic carbocycles. The summed E-state index contributed by atoms with van der Waals surface area (Å²) in [6.45, 7) is 4.03. The van der Waals surface area contributed by atoms with Gasteiger partial charge in [-0.15, -0.1) is 0 Å². The lowest BCUT2D eigenvalue weighted by molar-refractivity contribution is -0.136. The topological polar surface area (TPSA) is 78.6 Å². The number of rotatable bonds is 2. The first kappa shape index (κ1) is 17.7. The number of esters is 1. The molecule has 5 nitrogen and oxygen atoms in total. The van der Waals surface area contributed by atoms with Gasteiger partial charge in [0.25, 0.3) is 0 Å². The molecule has 1 aromatic carbocycles. The molecule has 0 bridgehead atoms. The molecule has 2 aliphatic rings. The van der Waals surface area contributed by atoms with Crippen molar-refractivity contribution < 1.29 is 19.1 Å². The Hall–Kier alpha value is -2.08. The van der Waals surface area contributed by atoms with Gasteiger partial charge >= 0.3 is 5.97 Å². The summed E-state index contributed by atoms with van der Waals surface area (Å²) in [7, 11) is 1.29. The highest BCUT2D eigenvalue weighted by atomic mass is 79.9.